The van der Waals surface area contributed by atoms with Crippen molar-refractivity contribution in [2.45, 2.75) is 18.3 Å². The maximum absolute atomic E-state index is 4.89. The van der Waals surface area contributed by atoms with E-state index in [-0.39, 0.29) is 5.41 Å². The van der Waals surface area contributed by atoms with E-state index in [1.54, 1.807) is 6.08 Å². The van der Waals surface area contributed by atoms with Crippen LogP contribution in [-0.2, 0) is 5.41 Å². The molecule has 0 bridgehead atoms. The number of nitrogens with zero attached hydrogens (tertiary/aromatic N) is 2. The monoisotopic (exact) mass is 600 g/mol. The molecule has 3 aromatic carbocycles. The van der Waals surface area contributed by atoms with Gasteiger partial charge in [0.2, 0.25) is 0 Å². The van der Waals surface area contributed by atoms with Gasteiger partial charge in [0.05, 0.1) is 11.1 Å². The maximum atomic E-state index is 4.89. The molecule has 0 radical (unpaired) electrons. The summed E-state index contributed by atoms with van der Waals surface area (Å²) in [5.41, 5.74) is 12.9. The fourth-order valence-electron chi connectivity index (χ4n) is 6.51. The predicted octanol–water partition coefficient (Wildman–Crippen LogP) is 8.94. The van der Waals surface area contributed by atoms with Crippen molar-refractivity contribution in [2.24, 2.45) is 0 Å². The van der Waals surface area contributed by atoms with Crippen molar-refractivity contribution in [3.8, 4) is 22.4 Å². The van der Waals surface area contributed by atoms with Gasteiger partial charge in [0.1, 0.15) is 3.70 Å². The molecule has 7 rings (SSSR count). The van der Waals surface area contributed by atoms with Crippen LogP contribution in [0.15, 0.2) is 121 Å². The SMILES string of the molecule is C=C/C=C\C=C\c1nc(I)cc(-c2ccc3c(c2)-c2ccccc2C32C3=C(C=CCC3)c3ccccc32)n1. The molecule has 1 heterocycles. The Morgan fingerprint density at radius 3 is 2.39 bits per heavy atom. The molecule has 0 aliphatic heterocycles. The summed E-state index contributed by atoms with van der Waals surface area (Å²) >= 11 is 2.28. The van der Waals surface area contributed by atoms with Crippen molar-refractivity contribution in [3.05, 3.63) is 153 Å². The van der Waals surface area contributed by atoms with Crippen LogP contribution in [0.5, 0.6) is 0 Å². The Morgan fingerprint density at radius 1 is 0.789 bits per heavy atom. The third-order valence-electron chi connectivity index (χ3n) is 7.90. The quantitative estimate of drug-likeness (QED) is 0.133. The lowest BCUT2D eigenvalue weighted by atomic mass is 9.68. The smallest absolute Gasteiger partial charge is 0.153 e. The Bertz CT molecular complexity index is 1750. The number of allylic oxidation sites excluding steroid dienone is 8. The summed E-state index contributed by atoms with van der Waals surface area (Å²) < 4.78 is 0.922. The molecule has 1 spiro atoms. The average Bonchev–Trinajstić information content (AvgIpc) is 3.42. The zero-order valence-electron chi connectivity index (χ0n) is 20.9. The molecule has 0 N–H and O–H groups in total. The minimum atomic E-state index is -0.230. The first-order chi connectivity index (χ1) is 18.7. The van der Waals surface area contributed by atoms with Gasteiger partial charge in [0.25, 0.3) is 0 Å². The van der Waals surface area contributed by atoms with Gasteiger partial charge in [-0.15, -0.1) is 0 Å². The molecule has 2 nitrogen and oxygen atoms in total. The Morgan fingerprint density at radius 2 is 1.55 bits per heavy atom. The van der Waals surface area contributed by atoms with Gasteiger partial charge < -0.3 is 0 Å². The molecule has 0 amide bonds. The summed E-state index contributed by atoms with van der Waals surface area (Å²) in [6, 6.07) is 27.0. The van der Waals surface area contributed by atoms with E-state index in [1.165, 1.54) is 44.5 Å². The molecule has 1 atom stereocenters. The van der Waals surface area contributed by atoms with Crippen molar-refractivity contribution < 1.29 is 0 Å². The van der Waals surface area contributed by atoms with E-state index in [2.05, 4.69) is 119 Å². The normalized spacial score (nSPS) is 18.8. The van der Waals surface area contributed by atoms with Gasteiger partial charge in [-0.3, -0.25) is 0 Å². The van der Waals surface area contributed by atoms with Gasteiger partial charge in [-0.05, 0) is 98.2 Å². The molecular weight excluding hydrogens is 575 g/mol. The van der Waals surface area contributed by atoms with Crippen molar-refractivity contribution in [2.75, 3.05) is 0 Å². The van der Waals surface area contributed by atoms with Crippen LogP contribution in [0.1, 0.15) is 40.9 Å². The topological polar surface area (TPSA) is 25.8 Å². The first-order valence-corrected chi connectivity index (χ1v) is 14.0. The second kappa shape index (κ2) is 9.17. The lowest BCUT2D eigenvalue weighted by molar-refractivity contribution is 0.714. The fourth-order valence-corrected chi connectivity index (χ4v) is 7.06. The summed E-state index contributed by atoms with van der Waals surface area (Å²) in [5.74, 6) is 0.700. The van der Waals surface area contributed by atoms with Crippen molar-refractivity contribution in [3.63, 3.8) is 0 Å². The number of rotatable bonds is 4. The Kier molecular flexibility index (Phi) is 5.62. The zero-order chi connectivity index (χ0) is 25.7. The summed E-state index contributed by atoms with van der Waals surface area (Å²) in [7, 11) is 0. The lowest BCUT2D eigenvalue weighted by Gasteiger charge is -2.33. The van der Waals surface area contributed by atoms with Gasteiger partial charge in [0.15, 0.2) is 5.82 Å². The molecule has 1 aromatic heterocycles. The Balaban J connectivity index is 1.44. The van der Waals surface area contributed by atoms with Gasteiger partial charge in [-0.2, -0.15) is 0 Å². The van der Waals surface area contributed by atoms with Crippen molar-refractivity contribution in [1.29, 1.82) is 0 Å². The number of halogens is 1. The lowest BCUT2D eigenvalue weighted by Crippen LogP contribution is -2.27. The van der Waals surface area contributed by atoms with Crippen LogP contribution in [0.3, 0.4) is 0 Å². The van der Waals surface area contributed by atoms with Crippen LogP contribution in [0.4, 0.5) is 0 Å². The standard InChI is InChI=1S/C35H25IN2/c1-2-3-4-5-18-34-37-32(22-33(36)38-34)23-19-20-31-27(21-23)26-14-8-11-17-30(26)35(31)28-15-9-6-12-24(28)25-13-7-10-16-29(25)35/h2-9,11-15,17-22H,1,10,16H2/b4-3-,18-5+. The second-order valence-corrected chi connectivity index (χ2v) is 11.0. The average molecular weight is 601 g/mol. The number of benzene rings is 3. The molecule has 4 aromatic rings. The van der Waals surface area contributed by atoms with E-state index >= 15 is 0 Å². The number of fused-ring (bicyclic) bond motifs is 9. The van der Waals surface area contributed by atoms with Gasteiger partial charge >= 0.3 is 0 Å². The molecule has 0 fully saturated rings. The van der Waals surface area contributed by atoms with Crippen LogP contribution in [0.25, 0.3) is 34.0 Å². The second-order valence-electron chi connectivity index (χ2n) is 9.85. The van der Waals surface area contributed by atoms with E-state index in [0.717, 1.165) is 27.8 Å². The molecule has 0 saturated heterocycles. The van der Waals surface area contributed by atoms with Gasteiger partial charge in [0, 0.05) is 5.56 Å². The Labute approximate surface area is 237 Å². The van der Waals surface area contributed by atoms with Crippen molar-refractivity contribution in [1.82, 2.24) is 9.97 Å². The molecule has 3 aliphatic carbocycles. The van der Waals surface area contributed by atoms with Gasteiger partial charge in [-0.1, -0.05) is 104 Å². The highest BCUT2D eigenvalue weighted by Crippen LogP contribution is 2.63. The molecule has 182 valence electrons. The van der Waals surface area contributed by atoms with E-state index in [0.29, 0.717) is 5.82 Å². The maximum Gasteiger partial charge on any atom is 0.153 e. The summed E-state index contributed by atoms with van der Waals surface area (Å²) in [6.45, 7) is 3.72. The summed E-state index contributed by atoms with van der Waals surface area (Å²) in [6.07, 6.45) is 16.3. The zero-order valence-corrected chi connectivity index (χ0v) is 23.0. The van der Waals surface area contributed by atoms with Crippen LogP contribution in [0.2, 0.25) is 0 Å². The third kappa shape index (κ3) is 3.38. The molecule has 3 heteroatoms. The molecule has 38 heavy (non-hydrogen) atoms. The van der Waals surface area contributed by atoms with E-state index in [4.69, 9.17) is 4.98 Å². The van der Waals surface area contributed by atoms with Crippen LogP contribution < -0.4 is 0 Å². The van der Waals surface area contributed by atoms with E-state index in [9.17, 15) is 0 Å². The van der Waals surface area contributed by atoms with E-state index in [1.807, 2.05) is 24.3 Å². The molecule has 3 aliphatic rings. The largest absolute Gasteiger partial charge is 0.229 e. The fraction of sp³-hybridized carbons (Fsp3) is 0.0857. The highest BCUT2D eigenvalue weighted by molar-refractivity contribution is 14.1. The number of hydrogen-bond donors (Lipinski definition) is 0. The third-order valence-corrected chi connectivity index (χ3v) is 8.45. The highest BCUT2D eigenvalue weighted by Gasteiger charge is 2.52. The van der Waals surface area contributed by atoms with E-state index < -0.39 is 0 Å². The summed E-state index contributed by atoms with van der Waals surface area (Å²) in [5, 5.41) is 0. The highest BCUT2D eigenvalue weighted by atomic mass is 127. The predicted molar refractivity (Wildman–Crippen MR) is 166 cm³/mol. The van der Waals surface area contributed by atoms with Gasteiger partial charge in [-0.25, -0.2) is 9.97 Å². The van der Waals surface area contributed by atoms with Crippen LogP contribution in [-0.4, -0.2) is 9.97 Å². The van der Waals surface area contributed by atoms with Crippen LogP contribution in [0, 0.1) is 3.70 Å². The minimum Gasteiger partial charge on any atom is -0.229 e. The molecule has 0 saturated carbocycles. The number of hydrogen-bond acceptors (Lipinski definition) is 2. The number of aromatic nitrogens is 2. The van der Waals surface area contributed by atoms with Crippen molar-refractivity contribution >= 4 is 34.2 Å². The first kappa shape index (κ1) is 23.3. The first-order valence-electron chi connectivity index (χ1n) is 13.0. The summed E-state index contributed by atoms with van der Waals surface area (Å²) in [4.78, 5) is 9.50. The van der Waals surface area contributed by atoms with Crippen LogP contribution >= 0.6 is 22.6 Å². The Hall–Kier alpha value is -3.83. The molecule has 1 unspecified atom stereocenters. The minimum absolute atomic E-state index is 0.230. The molecular formula is C35H25IN2.